The quantitative estimate of drug-likeness (QED) is 0.560. The molecule has 0 aliphatic rings. The van der Waals surface area contributed by atoms with E-state index in [0.717, 1.165) is 11.1 Å². The summed E-state index contributed by atoms with van der Waals surface area (Å²) in [6.07, 6.45) is 1.13. The zero-order valence-corrected chi connectivity index (χ0v) is 12.0. The number of carboxylic acid groups (broad SMARTS) is 1. The van der Waals surface area contributed by atoms with E-state index in [0.29, 0.717) is 12.8 Å². The lowest BCUT2D eigenvalue weighted by Crippen LogP contribution is -2.36. The van der Waals surface area contributed by atoms with E-state index in [1.165, 1.54) is 0 Å². The molecule has 0 aromatic carbocycles. The van der Waals surface area contributed by atoms with Crippen molar-refractivity contribution in [1.29, 1.82) is 0 Å². The van der Waals surface area contributed by atoms with Crippen molar-refractivity contribution in [2.24, 2.45) is 0 Å². The largest absolute Gasteiger partial charge is 0.481 e. The fourth-order valence-electron chi connectivity index (χ4n) is 1.93. The van der Waals surface area contributed by atoms with Gasteiger partial charge >= 0.3 is 11.9 Å². The minimum Gasteiger partial charge on any atom is -0.481 e. The van der Waals surface area contributed by atoms with Crippen molar-refractivity contribution in [3.05, 3.63) is 11.1 Å². The molecule has 4 nitrogen and oxygen atoms in total. The van der Waals surface area contributed by atoms with Crippen LogP contribution in [0.4, 0.5) is 0 Å². The molecule has 1 N–H and O–H groups in total. The van der Waals surface area contributed by atoms with Crippen LogP contribution in [0.25, 0.3) is 0 Å². The van der Waals surface area contributed by atoms with Crippen LogP contribution in [0.1, 0.15) is 60.3 Å². The molecule has 0 atom stereocenters. The highest BCUT2D eigenvalue weighted by atomic mass is 16.6. The monoisotopic (exact) mass is 256 g/mol. The van der Waals surface area contributed by atoms with Gasteiger partial charge in [0.05, 0.1) is 12.8 Å². The molecule has 0 aromatic heterocycles. The van der Waals surface area contributed by atoms with E-state index < -0.39 is 17.5 Å². The number of ether oxygens (including phenoxy) is 1. The molecular formula is C14H24O4. The maximum Gasteiger partial charge on any atom is 0.307 e. The van der Waals surface area contributed by atoms with Crippen molar-refractivity contribution in [3.8, 4) is 0 Å². The van der Waals surface area contributed by atoms with E-state index in [4.69, 9.17) is 9.84 Å². The zero-order chi connectivity index (χ0) is 14.3. The van der Waals surface area contributed by atoms with Crippen molar-refractivity contribution in [1.82, 2.24) is 0 Å². The van der Waals surface area contributed by atoms with Crippen LogP contribution in [-0.4, -0.2) is 22.6 Å². The standard InChI is InChI=1S/C14H24O4/c1-6-14(7-2,11(5)10(3)4)18-13(17)9-8-12(15)16/h6-9H2,1-5H3,(H,15,16). The summed E-state index contributed by atoms with van der Waals surface area (Å²) in [6.45, 7) is 9.88. The third kappa shape index (κ3) is 4.51. The Labute approximate surface area is 109 Å². The van der Waals surface area contributed by atoms with Crippen LogP contribution in [0, 0.1) is 0 Å². The van der Waals surface area contributed by atoms with Crippen LogP contribution in [0.5, 0.6) is 0 Å². The van der Waals surface area contributed by atoms with Crippen molar-refractivity contribution >= 4 is 11.9 Å². The predicted octanol–water partition coefficient (Wildman–Crippen LogP) is 3.31. The topological polar surface area (TPSA) is 63.6 Å². The van der Waals surface area contributed by atoms with Crippen LogP contribution in [0.2, 0.25) is 0 Å². The molecule has 4 heteroatoms. The minimum absolute atomic E-state index is 0.0763. The third-order valence-electron chi connectivity index (χ3n) is 3.43. The number of esters is 1. The van der Waals surface area contributed by atoms with Crippen molar-refractivity contribution in [3.63, 3.8) is 0 Å². The average molecular weight is 256 g/mol. The van der Waals surface area contributed by atoms with Crippen molar-refractivity contribution in [2.75, 3.05) is 0 Å². The van der Waals surface area contributed by atoms with Crippen LogP contribution in [-0.2, 0) is 14.3 Å². The number of allylic oxidation sites excluding steroid dienone is 1. The van der Waals surface area contributed by atoms with Gasteiger partial charge < -0.3 is 9.84 Å². The molecule has 0 rings (SSSR count). The van der Waals surface area contributed by atoms with Crippen molar-refractivity contribution < 1.29 is 19.4 Å². The summed E-state index contributed by atoms with van der Waals surface area (Å²) in [7, 11) is 0. The van der Waals surface area contributed by atoms with Gasteiger partial charge in [0.1, 0.15) is 5.60 Å². The molecule has 0 unspecified atom stereocenters. The first-order valence-corrected chi connectivity index (χ1v) is 6.37. The van der Waals surface area contributed by atoms with Crippen LogP contribution >= 0.6 is 0 Å². The second-order valence-electron chi connectivity index (χ2n) is 4.69. The van der Waals surface area contributed by atoms with Crippen LogP contribution < -0.4 is 0 Å². The molecule has 0 heterocycles. The Kier molecular flexibility index (Phi) is 6.66. The van der Waals surface area contributed by atoms with E-state index in [-0.39, 0.29) is 12.8 Å². The molecule has 18 heavy (non-hydrogen) atoms. The zero-order valence-electron chi connectivity index (χ0n) is 12.0. The number of hydrogen-bond acceptors (Lipinski definition) is 3. The first-order chi connectivity index (χ1) is 8.29. The number of rotatable bonds is 7. The Bertz CT molecular complexity index is 334. The summed E-state index contributed by atoms with van der Waals surface area (Å²) >= 11 is 0. The summed E-state index contributed by atoms with van der Waals surface area (Å²) in [5, 5.41) is 8.56. The Morgan fingerprint density at radius 2 is 1.56 bits per heavy atom. The summed E-state index contributed by atoms with van der Waals surface area (Å²) in [4.78, 5) is 22.1. The number of carbonyl (C=O) groups is 2. The second-order valence-corrected chi connectivity index (χ2v) is 4.69. The van der Waals surface area contributed by atoms with Gasteiger partial charge in [-0.3, -0.25) is 9.59 Å². The maximum atomic E-state index is 11.7. The van der Waals surface area contributed by atoms with E-state index in [9.17, 15) is 9.59 Å². The number of carbonyl (C=O) groups excluding carboxylic acids is 1. The maximum absolute atomic E-state index is 11.7. The van der Waals surface area contributed by atoms with Gasteiger partial charge in [0.25, 0.3) is 0 Å². The van der Waals surface area contributed by atoms with Gasteiger partial charge in [-0.1, -0.05) is 19.4 Å². The average Bonchev–Trinajstić information content (AvgIpc) is 2.32. The lowest BCUT2D eigenvalue weighted by atomic mass is 9.86. The normalized spacial score (nSPS) is 10.9. The van der Waals surface area contributed by atoms with E-state index in [2.05, 4.69) is 0 Å². The summed E-state index contributed by atoms with van der Waals surface area (Å²) in [6, 6.07) is 0. The predicted molar refractivity (Wildman–Crippen MR) is 70.3 cm³/mol. The molecule has 0 saturated carbocycles. The first kappa shape index (κ1) is 16.7. The van der Waals surface area contributed by atoms with Crippen LogP contribution in [0.15, 0.2) is 11.1 Å². The highest BCUT2D eigenvalue weighted by Crippen LogP contribution is 2.31. The SMILES string of the molecule is CCC(CC)(OC(=O)CCC(=O)O)C(C)=C(C)C. The molecule has 0 bridgehead atoms. The molecule has 0 aromatic rings. The highest BCUT2D eigenvalue weighted by Gasteiger charge is 2.33. The number of hydrogen-bond donors (Lipinski definition) is 1. The molecule has 0 spiro atoms. The van der Waals surface area contributed by atoms with E-state index in [1.807, 2.05) is 34.6 Å². The van der Waals surface area contributed by atoms with Crippen LogP contribution in [0.3, 0.4) is 0 Å². The fourth-order valence-corrected chi connectivity index (χ4v) is 1.93. The summed E-state index contributed by atoms with van der Waals surface area (Å²) in [5.74, 6) is -1.42. The molecule has 0 amide bonds. The Morgan fingerprint density at radius 3 is 1.89 bits per heavy atom. The second kappa shape index (κ2) is 7.19. The molecular weight excluding hydrogens is 232 g/mol. The van der Waals surface area contributed by atoms with Gasteiger partial charge in [0, 0.05) is 0 Å². The lowest BCUT2D eigenvalue weighted by molar-refractivity contribution is -0.159. The van der Waals surface area contributed by atoms with Gasteiger partial charge in [0.15, 0.2) is 0 Å². The smallest absolute Gasteiger partial charge is 0.307 e. The van der Waals surface area contributed by atoms with Crippen molar-refractivity contribution in [2.45, 2.75) is 65.9 Å². The molecule has 0 radical (unpaired) electrons. The van der Waals surface area contributed by atoms with Gasteiger partial charge in [-0.05, 0) is 39.2 Å². The fraction of sp³-hybridized carbons (Fsp3) is 0.714. The Balaban J connectivity index is 4.88. The lowest BCUT2D eigenvalue weighted by Gasteiger charge is -2.33. The Hall–Kier alpha value is -1.32. The van der Waals surface area contributed by atoms with Gasteiger partial charge in [-0.25, -0.2) is 0 Å². The highest BCUT2D eigenvalue weighted by molar-refractivity contribution is 5.77. The minimum atomic E-state index is -0.982. The molecule has 0 aliphatic carbocycles. The van der Waals surface area contributed by atoms with E-state index >= 15 is 0 Å². The van der Waals surface area contributed by atoms with E-state index in [1.54, 1.807) is 0 Å². The summed E-state index contributed by atoms with van der Waals surface area (Å²) < 4.78 is 5.55. The summed E-state index contributed by atoms with van der Waals surface area (Å²) in [5.41, 5.74) is 1.59. The molecule has 0 saturated heterocycles. The first-order valence-electron chi connectivity index (χ1n) is 6.37. The molecule has 104 valence electrons. The van der Waals surface area contributed by atoms with Gasteiger partial charge in [-0.2, -0.15) is 0 Å². The third-order valence-corrected chi connectivity index (χ3v) is 3.43. The number of carboxylic acids is 1. The molecule has 0 aliphatic heterocycles. The van der Waals surface area contributed by atoms with Gasteiger partial charge in [-0.15, -0.1) is 0 Å². The molecule has 0 fully saturated rings. The number of aliphatic carboxylic acids is 1. The van der Waals surface area contributed by atoms with Gasteiger partial charge in [0.2, 0.25) is 0 Å². The Morgan fingerprint density at radius 1 is 1.06 bits per heavy atom.